The van der Waals surface area contributed by atoms with E-state index in [0.29, 0.717) is 0 Å². The molecule has 2 N–H and O–H groups in total. The van der Waals surface area contributed by atoms with Gasteiger partial charge in [0, 0.05) is 11.3 Å². The van der Waals surface area contributed by atoms with Crippen LogP contribution in [-0.4, -0.2) is 24.4 Å². The molecule has 4 nitrogen and oxygen atoms in total. The summed E-state index contributed by atoms with van der Waals surface area (Å²) < 4.78 is 5.81. The highest BCUT2D eigenvalue weighted by Gasteiger charge is 2.43. The fraction of sp³-hybridized carbons (Fsp3) is 0.321. The highest BCUT2D eigenvalue weighted by Crippen LogP contribution is 2.48. The third kappa shape index (κ3) is 3.69. The van der Waals surface area contributed by atoms with Gasteiger partial charge >= 0.3 is 6.09 Å². The molecule has 0 aliphatic heterocycles. The summed E-state index contributed by atoms with van der Waals surface area (Å²) in [6, 6.07) is 26.3. The van der Waals surface area contributed by atoms with Crippen LogP contribution >= 0.6 is 0 Å². The molecule has 2 aliphatic rings. The Morgan fingerprint density at radius 1 is 0.906 bits per heavy atom. The minimum absolute atomic E-state index is 0.0293. The molecule has 3 aromatic rings. The second-order valence-corrected chi connectivity index (χ2v) is 9.04. The van der Waals surface area contributed by atoms with Gasteiger partial charge < -0.3 is 15.2 Å². The van der Waals surface area contributed by atoms with E-state index in [2.05, 4.69) is 29.6 Å². The summed E-state index contributed by atoms with van der Waals surface area (Å²) in [6.45, 7) is 0.337. The van der Waals surface area contributed by atoms with Gasteiger partial charge in [0.15, 0.2) is 0 Å². The normalized spacial score (nSPS) is 17.4. The van der Waals surface area contributed by atoms with Crippen molar-refractivity contribution in [3.8, 4) is 11.1 Å². The van der Waals surface area contributed by atoms with Crippen molar-refractivity contribution in [2.24, 2.45) is 5.41 Å². The van der Waals surface area contributed by atoms with Crippen LogP contribution in [0.5, 0.6) is 0 Å². The molecule has 164 valence electrons. The molecule has 0 heterocycles. The van der Waals surface area contributed by atoms with E-state index in [1.165, 1.54) is 22.3 Å². The van der Waals surface area contributed by atoms with Gasteiger partial charge in [-0.05, 0) is 40.7 Å². The van der Waals surface area contributed by atoms with E-state index in [1.54, 1.807) is 0 Å². The third-order valence-corrected chi connectivity index (χ3v) is 7.27. The van der Waals surface area contributed by atoms with Gasteiger partial charge in [0.25, 0.3) is 0 Å². The Kier molecular flexibility index (Phi) is 5.71. The molecule has 0 saturated heterocycles. The number of hydrogen-bond acceptors (Lipinski definition) is 3. The number of hydrogen-bond donors (Lipinski definition) is 2. The Morgan fingerprint density at radius 3 is 2.06 bits per heavy atom. The number of amides is 1. The molecule has 0 bridgehead atoms. The predicted octanol–water partition coefficient (Wildman–Crippen LogP) is 5.82. The van der Waals surface area contributed by atoms with Crippen LogP contribution in [0, 0.1) is 5.41 Å². The first-order chi connectivity index (χ1) is 15.7. The zero-order valence-corrected chi connectivity index (χ0v) is 18.2. The van der Waals surface area contributed by atoms with E-state index in [0.717, 1.165) is 31.2 Å². The molecular weight excluding hydrogens is 398 g/mol. The van der Waals surface area contributed by atoms with Crippen molar-refractivity contribution >= 4 is 6.09 Å². The van der Waals surface area contributed by atoms with Crippen LogP contribution in [0.2, 0.25) is 0 Å². The van der Waals surface area contributed by atoms with Gasteiger partial charge in [-0.25, -0.2) is 4.79 Å². The lowest BCUT2D eigenvalue weighted by molar-refractivity contribution is 0.0759. The zero-order chi connectivity index (χ0) is 22.0. The van der Waals surface area contributed by atoms with Gasteiger partial charge in [-0.15, -0.1) is 0 Å². The SMILES string of the molecule is O=C(NC(c1ccccc1)C1(CO)CCCC1)OCC1c2ccccc2-c2ccccc21. The summed E-state index contributed by atoms with van der Waals surface area (Å²) in [7, 11) is 0. The largest absolute Gasteiger partial charge is 0.449 e. The average Bonchev–Trinajstić information content (AvgIpc) is 3.45. The minimum atomic E-state index is -0.430. The van der Waals surface area contributed by atoms with Gasteiger partial charge in [0.1, 0.15) is 6.61 Å². The first-order valence-corrected chi connectivity index (χ1v) is 11.5. The van der Waals surface area contributed by atoms with Crippen molar-refractivity contribution in [2.45, 2.75) is 37.6 Å². The summed E-state index contributed by atoms with van der Waals surface area (Å²) in [5.74, 6) is 0.0293. The molecule has 1 atom stereocenters. The van der Waals surface area contributed by atoms with E-state index in [-0.39, 0.29) is 30.6 Å². The maximum atomic E-state index is 13.0. The van der Waals surface area contributed by atoms with Crippen LogP contribution in [0.15, 0.2) is 78.9 Å². The number of alkyl carbamates (subject to hydrolysis) is 1. The first-order valence-electron chi connectivity index (χ1n) is 11.5. The Balaban J connectivity index is 1.35. The van der Waals surface area contributed by atoms with Crippen molar-refractivity contribution < 1.29 is 14.6 Å². The quantitative estimate of drug-likeness (QED) is 0.521. The lowest BCUT2D eigenvalue weighted by Gasteiger charge is -2.36. The number of carbonyl (C=O) groups is 1. The molecule has 0 aromatic heterocycles. The number of fused-ring (bicyclic) bond motifs is 3. The van der Waals surface area contributed by atoms with Crippen LogP contribution < -0.4 is 5.32 Å². The number of aliphatic hydroxyl groups excluding tert-OH is 1. The molecule has 1 unspecified atom stereocenters. The van der Waals surface area contributed by atoms with Crippen molar-refractivity contribution in [3.05, 3.63) is 95.6 Å². The molecule has 0 spiro atoms. The number of aliphatic hydroxyl groups is 1. The van der Waals surface area contributed by atoms with Crippen molar-refractivity contribution in [3.63, 3.8) is 0 Å². The Labute approximate surface area is 189 Å². The fourth-order valence-corrected chi connectivity index (χ4v) is 5.61. The summed E-state index contributed by atoms with van der Waals surface area (Å²) in [5.41, 5.74) is 5.49. The summed E-state index contributed by atoms with van der Waals surface area (Å²) in [5, 5.41) is 13.4. The maximum Gasteiger partial charge on any atom is 0.407 e. The van der Waals surface area contributed by atoms with Crippen LogP contribution in [-0.2, 0) is 4.74 Å². The molecule has 1 amide bonds. The molecule has 1 fully saturated rings. The number of benzene rings is 3. The topological polar surface area (TPSA) is 58.6 Å². The summed E-state index contributed by atoms with van der Waals surface area (Å²) in [4.78, 5) is 13.0. The van der Waals surface area contributed by atoms with Crippen molar-refractivity contribution in [1.82, 2.24) is 5.32 Å². The molecule has 32 heavy (non-hydrogen) atoms. The monoisotopic (exact) mass is 427 g/mol. The molecular formula is C28H29NO3. The summed E-state index contributed by atoms with van der Waals surface area (Å²) >= 11 is 0. The molecule has 2 aliphatic carbocycles. The smallest absolute Gasteiger partial charge is 0.407 e. The van der Waals surface area contributed by atoms with Gasteiger partial charge in [-0.3, -0.25) is 0 Å². The summed E-state index contributed by atoms with van der Waals surface area (Å²) in [6.07, 6.45) is 3.49. The highest BCUT2D eigenvalue weighted by molar-refractivity contribution is 5.79. The second-order valence-electron chi connectivity index (χ2n) is 9.04. The molecule has 4 heteroatoms. The van der Waals surface area contributed by atoms with Crippen molar-refractivity contribution in [1.29, 1.82) is 0 Å². The van der Waals surface area contributed by atoms with Crippen LogP contribution in [0.4, 0.5) is 4.79 Å². The van der Waals surface area contributed by atoms with Crippen molar-refractivity contribution in [2.75, 3.05) is 13.2 Å². The maximum absolute atomic E-state index is 13.0. The Morgan fingerprint density at radius 2 is 1.47 bits per heavy atom. The minimum Gasteiger partial charge on any atom is -0.449 e. The number of rotatable bonds is 6. The van der Waals surface area contributed by atoms with Gasteiger partial charge in [0.05, 0.1) is 12.6 Å². The molecule has 1 saturated carbocycles. The second kappa shape index (κ2) is 8.79. The fourth-order valence-electron chi connectivity index (χ4n) is 5.61. The first kappa shape index (κ1) is 20.8. The van der Waals surface area contributed by atoms with Crippen LogP contribution in [0.1, 0.15) is 54.3 Å². The van der Waals surface area contributed by atoms with E-state index in [9.17, 15) is 9.90 Å². The standard InChI is InChI=1S/C28H29NO3/c30-19-28(16-8-9-17-28)26(20-10-2-1-3-11-20)29-27(31)32-18-25-23-14-6-4-12-21(23)22-13-5-7-15-24(22)25/h1-7,10-15,25-26,30H,8-9,16-19H2,(H,29,31). The third-order valence-electron chi connectivity index (χ3n) is 7.27. The lowest BCUT2D eigenvalue weighted by atomic mass is 9.76. The van der Waals surface area contributed by atoms with E-state index in [1.807, 2.05) is 54.6 Å². The van der Waals surface area contributed by atoms with Gasteiger partial charge in [-0.1, -0.05) is 91.7 Å². The number of nitrogens with one attached hydrogen (secondary N) is 1. The van der Waals surface area contributed by atoms with E-state index in [4.69, 9.17) is 4.74 Å². The van der Waals surface area contributed by atoms with E-state index >= 15 is 0 Å². The average molecular weight is 428 g/mol. The van der Waals surface area contributed by atoms with Crippen LogP contribution in [0.3, 0.4) is 0 Å². The van der Waals surface area contributed by atoms with Gasteiger partial charge in [0.2, 0.25) is 0 Å². The predicted molar refractivity (Wildman–Crippen MR) is 125 cm³/mol. The Bertz CT molecular complexity index is 1040. The van der Waals surface area contributed by atoms with E-state index < -0.39 is 6.09 Å². The molecule has 3 aromatic carbocycles. The van der Waals surface area contributed by atoms with Crippen LogP contribution in [0.25, 0.3) is 11.1 Å². The number of ether oxygens (including phenoxy) is 1. The lowest BCUT2D eigenvalue weighted by Crippen LogP contribution is -2.42. The molecule has 5 rings (SSSR count). The van der Waals surface area contributed by atoms with Gasteiger partial charge in [-0.2, -0.15) is 0 Å². The zero-order valence-electron chi connectivity index (χ0n) is 18.2. The highest BCUT2D eigenvalue weighted by atomic mass is 16.5. The number of carbonyl (C=O) groups excluding carboxylic acids is 1. The molecule has 0 radical (unpaired) electrons. The Hall–Kier alpha value is -3.11.